The lowest BCUT2D eigenvalue weighted by Crippen LogP contribution is -2.00. The zero-order chi connectivity index (χ0) is 14.0. The monoisotopic (exact) mass is 322 g/mol. The van der Waals surface area contributed by atoms with E-state index in [4.69, 9.17) is 5.73 Å². The lowest BCUT2D eigenvalue weighted by atomic mass is 10.2. The SMILES string of the molecule is Cc1cccc(Nc2cc([N+](=O)[O-])cc(N)n2)c1Br. The molecular weight excluding hydrogens is 312 g/mol. The van der Waals surface area contributed by atoms with Crippen LogP contribution in [0.5, 0.6) is 0 Å². The second-order valence-electron chi connectivity index (χ2n) is 3.95. The average molecular weight is 323 g/mol. The van der Waals surface area contributed by atoms with E-state index in [0.717, 1.165) is 15.7 Å². The van der Waals surface area contributed by atoms with Gasteiger partial charge in [0.05, 0.1) is 22.7 Å². The molecule has 1 aromatic heterocycles. The first-order valence-electron chi connectivity index (χ1n) is 5.41. The molecule has 0 atom stereocenters. The number of benzene rings is 1. The molecule has 19 heavy (non-hydrogen) atoms. The number of aryl methyl sites for hydroxylation is 1. The molecular formula is C12H11BrN4O2. The molecule has 2 rings (SSSR count). The Morgan fingerprint density at radius 3 is 2.84 bits per heavy atom. The molecule has 0 aliphatic rings. The number of nitrogens with one attached hydrogen (secondary N) is 1. The van der Waals surface area contributed by atoms with Crippen molar-refractivity contribution in [2.45, 2.75) is 6.92 Å². The van der Waals surface area contributed by atoms with Gasteiger partial charge in [0.2, 0.25) is 0 Å². The van der Waals surface area contributed by atoms with Crippen molar-refractivity contribution in [3.8, 4) is 0 Å². The highest BCUT2D eigenvalue weighted by Crippen LogP contribution is 2.29. The Labute approximate surface area is 117 Å². The third kappa shape index (κ3) is 3.00. The van der Waals surface area contributed by atoms with Crippen molar-refractivity contribution in [1.82, 2.24) is 4.98 Å². The predicted octanol–water partition coefficient (Wildman–Crippen LogP) is 3.39. The summed E-state index contributed by atoms with van der Waals surface area (Å²) in [6.07, 6.45) is 0. The number of pyridine rings is 1. The van der Waals surface area contributed by atoms with Gasteiger partial charge in [-0.3, -0.25) is 10.1 Å². The Morgan fingerprint density at radius 1 is 1.42 bits per heavy atom. The summed E-state index contributed by atoms with van der Waals surface area (Å²) in [4.78, 5) is 14.3. The fraction of sp³-hybridized carbons (Fsp3) is 0.0833. The van der Waals surface area contributed by atoms with Crippen molar-refractivity contribution in [2.24, 2.45) is 0 Å². The maximum Gasteiger partial charge on any atom is 0.276 e. The van der Waals surface area contributed by atoms with Crippen LogP contribution in [0.25, 0.3) is 0 Å². The summed E-state index contributed by atoms with van der Waals surface area (Å²) in [5.41, 5.74) is 7.27. The van der Waals surface area contributed by atoms with E-state index in [1.165, 1.54) is 12.1 Å². The smallest absolute Gasteiger partial charge is 0.276 e. The van der Waals surface area contributed by atoms with Crippen LogP contribution in [0.2, 0.25) is 0 Å². The van der Waals surface area contributed by atoms with Crippen LogP contribution < -0.4 is 11.1 Å². The number of halogens is 1. The van der Waals surface area contributed by atoms with Crippen LogP contribution >= 0.6 is 15.9 Å². The molecule has 1 heterocycles. The van der Waals surface area contributed by atoms with E-state index >= 15 is 0 Å². The molecule has 0 radical (unpaired) electrons. The highest BCUT2D eigenvalue weighted by atomic mass is 79.9. The number of anilines is 3. The maximum atomic E-state index is 10.8. The highest BCUT2D eigenvalue weighted by molar-refractivity contribution is 9.10. The fourth-order valence-electron chi connectivity index (χ4n) is 1.59. The zero-order valence-corrected chi connectivity index (χ0v) is 11.6. The number of hydrogen-bond acceptors (Lipinski definition) is 5. The van der Waals surface area contributed by atoms with Crippen molar-refractivity contribution in [3.05, 3.63) is 50.5 Å². The highest BCUT2D eigenvalue weighted by Gasteiger charge is 2.11. The van der Waals surface area contributed by atoms with Crippen LogP contribution in [0.15, 0.2) is 34.8 Å². The molecule has 0 bridgehead atoms. The minimum atomic E-state index is -0.505. The van der Waals surface area contributed by atoms with Gasteiger partial charge >= 0.3 is 0 Å². The normalized spacial score (nSPS) is 10.2. The van der Waals surface area contributed by atoms with Gasteiger partial charge in [-0.25, -0.2) is 4.98 Å². The van der Waals surface area contributed by atoms with Crippen molar-refractivity contribution < 1.29 is 4.92 Å². The Bertz CT molecular complexity index is 646. The minimum absolute atomic E-state index is 0.0977. The molecule has 0 amide bonds. The van der Waals surface area contributed by atoms with Gasteiger partial charge in [-0.2, -0.15) is 0 Å². The van der Waals surface area contributed by atoms with E-state index in [1.54, 1.807) is 0 Å². The molecule has 3 N–H and O–H groups in total. The van der Waals surface area contributed by atoms with Gasteiger partial charge in [0.25, 0.3) is 5.69 Å². The molecule has 98 valence electrons. The summed E-state index contributed by atoms with van der Waals surface area (Å²) in [5.74, 6) is 0.429. The van der Waals surface area contributed by atoms with Crippen LogP contribution in [-0.4, -0.2) is 9.91 Å². The third-order valence-corrected chi connectivity index (χ3v) is 3.55. The topological polar surface area (TPSA) is 94.1 Å². The van der Waals surface area contributed by atoms with Gasteiger partial charge in [-0.05, 0) is 34.5 Å². The molecule has 1 aromatic carbocycles. The van der Waals surface area contributed by atoms with Crippen LogP contribution in [-0.2, 0) is 0 Å². The van der Waals surface area contributed by atoms with Gasteiger partial charge < -0.3 is 11.1 Å². The number of nitrogens with zero attached hydrogens (tertiary/aromatic N) is 2. The first-order chi connectivity index (χ1) is 8.97. The van der Waals surface area contributed by atoms with E-state index in [2.05, 4.69) is 26.2 Å². The maximum absolute atomic E-state index is 10.8. The lowest BCUT2D eigenvalue weighted by molar-refractivity contribution is -0.384. The first-order valence-corrected chi connectivity index (χ1v) is 6.21. The van der Waals surface area contributed by atoms with Gasteiger partial charge in [0, 0.05) is 4.47 Å². The van der Waals surface area contributed by atoms with Gasteiger partial charge in [0.15, 0.2) is 0 Å². The average Bonchev–Trinajstić information content (AvgIpc) is 2.34. The number of hydrogen-bond donors (Lipinski definition) is 2. The second-order valence-corrected chi connectivity index (χ2v) is 4.75. The second kappa shape index (κ2) is 5.23. The molecule has 0 saturated heterocycles. The Balaban J connectivity index is 2.38. The number of nitro groups is 1. The quantitative estimate of drug-likeness (QED) is 0.667. The number of nitrogen functional groups attached to an aromatic ring is 1. The van der Waals surface area contributed by atoms with E-state index in [1.807, 2.05) is 25.1 Å². The van der Waals surface area contributed by atoms with Crippen molar-refractivity contribution in [3.63, 3.8) is 0 Å². The van der Waals surface area contributed by atoms with E-state index in [-0.39, 0.29) is 11.5 Å². The summed E-state index contributed by atoms with van der Waals surface area (Å²) in [7, 11) is 0. The Kier molecular flexibility index (Phi) is 3.66. The third-order valence-electron chi connectivity index (χ3n) is 2.50. The van der Waals surface area contributed by atoms with Crippen LogP contribution in [0.3, 0.4) is 0 Å². The number of nitrogens with two attached hydrogens (primary N) is 1. The van der Waals surface area contributed by atoms with E-state index in [0.29, 0.717) is 5.82 Å². The molecule has 6 nitrogen and oxygen atoms in total. The minimum Gasteiger partial charge on any atom is -0.383 e. The van der Waals surface area contributed by atoms with Gasteiger partial charge in [0.1, 0.15) is 11.6 Å². The molecule has 0 unspecified atom stereocenters. The standard InChI is InChI=1S/C12H11BrN4O2/c1-7-3-2-4-9(12(7)13)15-11-6-8(17(18)19)5-10(14)16-11/h2-6H,1H3,(H3,14,15,16). The van der Waals surface area contributed by atoms with Crippen molar-refractivity contribution in [1.29, 1.82) is 0 Å². The van der Waals surface area contributed by atoms with Gasteiger partial charge in [-0.1, -0.05) is 12.1 Å². The summed E-state index contributed by atoms with van der Waals surface area (Å²) >= 11 is 3.45. The van der Waals surface area contributed by atoms with Crippen molar-refractivity contribution >= 4 is 38.9 Å². The Morgan fingerprint density at radius 2 is 2.16 bits per heavy atom. The lowest BCUT2D eigenvalue weighted by Gasteiger charge is -2.09. The number of aromatic nitrogens is 1. The molecule has 0 aliphatic carbocycles. The van der Waals surface area contributed by atoms with Crippen LogP contribution in [0, 0.1) is 17.0 Å². The summed E-state index contributed by atoms with van der Waals surface area (Å²) < 4.78 is 0.877. The van der Waals surface area contributed by atoms with Crippen LogP contribution in [0.4, 0.5) is 23.0 Å². The summed E-state index contributed by atoms with van der Waals surface area (Å²) in [6.45, 7) is 1.95. The van der Waals surface area contributed by atoms with E-state index < -0.39 is 4.92 Å². The van der Waals surface area contributed by atoms with Crippen LogP contribution in [0.1, 0.15) is 5.56 Å². The first kappa shape index (κ1) is 13.3. The molecule has 0 fully saturated rings. The molecule has 0 saturated carbocycles. The van der Waals surface area contributed by atoms with E-state index in [9.17, 15) is 10.1 Å². The Hall–Kier alpha value is -2.15. The molecule has 7 heteroatoms. The van der Waals surface area contributed by atoms with Gasteiger partial charge in [-0.15, -0.1) is 0 Å². The molecule has 0 spiro atoms. The largest absolute Gasteiger partial charge is 0.383 e. The summed E-state index contributed by atoms with van der Waals surface area (Å²) in [6, 6.07) is 8.23. The van der Waals surface area contributed by atoms with Crippen molar-refractivity contribution in [2.75, 3.05) is 11.1 Å². The fourth-order valence-corrected chi connectivity index (χ4v) is 1.95. The molecule has 0 aliphatic heterocycles. The number of rotatable bonds is 3. The zero-order valence-electron chi connectivity index (χ0n) is 10.1. The molecule has 2 aromatic rings. The predicted molar refractivity (Wildman–Crippen MR) is 77.5 cm³/mol. The summed E-state index contributed by atoms with van der Waals surface area (Å²) in [5, 5.41) is 13.8.